The Bertz CT molecular complexity index is 479. The summed E-state index contributed by atoms with van der Waals surface area (Å²) in [6.45, 7) is 0. The molecule has 19 heavy (non-hydrogen) atoms. The highest BCUT2D eigenvalue weighted by molar-refractivity contribution is 14.1. The van der Waals surface area contributed by atoms with Gasteiger partial charge >= 0.3 is 12.3 Å². The van der Waals surface area contributed by atoms with Crippen LogP contribution in [0, 0.1) is 3.70 Å². The molecular weight excluding hydrogens is 382 g/mol. The summed E-state index contributed by atoms with van der Waals surface area (Å²) in [6.07, 6.45) is -5.31. The number of methoxy groups -OCH3 is 2. The van der Waals surface area contributed by atoms with Crippen molar-refractivity contribution in [3.05, 3.63) is 15.3 Å². The quantitative estimate of drug-likeness (QED) is 0.448. The Morgan fingerprint density at radius 2 is 2.05 bits per heavy atom. The first-order valence-corrected chi connectivity index (χ1v) is 5.90. The maximum absolute atomic E-state index is 12.3. The topological polar surface area (TPSA) is 57.7 Å². The molecule has 0 atom stereocenters. The average molecular weight is 391 g/mol. The lowest BCUT2D eigenvalue weighted by molar-refractivity contribution is -0.275. The van der Waals surface area contributed by atoms with E-state index in [1.54, 1.807) is 22.6 Å². The second-order valence-corrected chi connectivity index (χ2v) is 4.34. The van der Waals surface area contributed by atoms with E-state index in [2.05, 4.69) is 14.5 Å². The van der Waals surface area contributed by atoms with Crippen LogP contribution in [-0.4, -0.2) is 31.5 Å². The van der Waals surface area contributed by atoms with Crippen LogP contribution in [0.2, 0.25) is 0 Å². The maximum Gasteiger partial charge on any atom is 0.573 e. The van der Waals surface area contributed by atoms with Gasteiger partial charge in [-0.25, -0.2) is 4.98 Å². The lowest BCUT2D eigenvalue weighted by atomic mass is 10.2. The van der Waals surface area contributed by atoms with Crippen molar-refractivity contribution in [3.8, 4) is 11.6 Å². The van der Waals surface area contributed by atoms with Crippen LogP contribution >= 0.6 is 22.6 Å². The smallest absolute Gasteiger partial charge is 0.481 e. The fourth-order valence-electron chi connectivity index (χ4n) is 1.26. The second kappa shape index (κ2) is 6.26. The van der Waals surface area contributed by atoms with Crippen LogP contribution in [0.3, 0.4) is 0 Å². The number of pyridine rings is 1. The minimum absolute atomic E-state index is 0.114. The third kappa shape index (κ3) is 4.73. The van der Waals surface area contributed by atoms with Crippen molar-refractivity contribution in [2.45, 2.75) is 12.8 Å². The van der Waals surface area contributed by atoms with Crippen LogP contribution in [0.4, 0.5) is 13.2 Å². The lowest BCUT2D eigenvalue weighted by Gasteiger charge is -2.15. The predicted octanol–water partition coefficient (Wildman–Crippen LogP) is 2.31. The predicted molar refractivity (Wildman–Crippen MR) is 65.9 cm³/mol. The molecule has 0 fully saturated rings. The Labute approximate surface area is 120 Å². The summed E-state index contributed by atoms with van der Waals surface area (Å²) in [5.74, 6) is -1.38. The molecule has 9 heteroatoms. The molecule has 0 unspecified atom stereocenters. The van der Waals surface area contributed by atoms with E-state index in [0.717, 1.165) is 13.2 Å². The first-order valence-electron chi connectivity index (χ1n) is 4.82. The molecule has 0 amide bonds. The van der Waals surface area contributed by atoms with E-state index in [4.69, 9.17) is 4.74 Å². The van der Waals surface area contributed by atoms with Gasteiger partial charge in [-0.2, -0.15) is 0 Å². The molecule has 1 aromatic rings. The molecule has 1 rings (SSSR count). The number of ether oxygens (including phenoxy) is 3. The first kappa shape index (κ1) is 15.8. The van der Waals surface area contributed by atoms with Gasteiger partial charge in [0.05, 0.1) is 26.2 Å². The molecular formula is C10H9F3INO4. The van der Waals surface area contributed by atoms with E-state index in [1.165, 1.54) is 7.11 Å². The largest absolute Gasteiger partial charge is 0.573 e. The van der Waals surface area contributed by atoms with E-state index >= 15 is 0 Å². The summed E-state index contributed by atoms with van der Waals surface area (Å²) >= 11 is 1.71. The number of halogens is 4. The van der Waals surface area contributed by atoms with Gasteiger partial charge in [-0.05, 0) is 22.6 Å². The van der Waals surface area contributed by atoms with Crippen molar-refractivity contribution in [1.82, 2.24) is 4.98 Å². The minimum atomic E-state index is -4.87. The molecule has 0 bridgehead atoms. The number of carbonyl (C=O) groups is 1. The molecule has 0 spiro atoms. The number of nitrogens with zero attached hydrogens (tertiary/aromatic N) is 1. The molecule has 0 aliphatic heterocycles. The third-order valence-electron chi connectivity index (χ3n) is 1.98. The van der Waals surface area contributed by atoms with Gasteiger partial charge in [-0.15, -0.1) is 13.2 Å². The van der Waals surface area contributed by atoms with Crippen molar-refractivity contribution in [1.29, 1.82) is 0 Å². The van der Waals surface area contributed by atoms with E-state index in [1.807, 2.05) is 0 Å². The summed E-state index contributed by atoms with van der Waals surface area (Å²) in [5.41, 5.74) is -0.118. The average Bonchev–Trinajstić information content (AvgIpc) is 2.29. The number of carbonyl (C=O) groups excluding carboxylic acids is 1. The van der Waals surface area contributed by atoms with Crippen LogP contribution in [-0.2, 0) is 16.0 Å². The number of aromatic nitrogens is 1. The molecule has 0 aliphatic carbocycles. The number of esters is 1. The van der Waals surface area contributed by atoms with E-state index < -0.39 is 24.5 Å². The van der Waals surface area contributed by atoms with E-state index in [9.17, 15) is 18.0 Å². The molecule has 0 saturated heterocycles. The first-order chi connectivity index (χ1) is 8.76. The van der Waals surface area contributed by atoms with Crippen molar-refractivity contribution in [2.75, 3.05) is 14.2 Å². The summed E-state index contributed by atoms with van der Waals surface area (Å²) < 4.78 is 50.3. The molecule has 0 aliphatic rings. The normalized spacial score (nSPS) is 11.1. The highest BCUT2D eigenvalue weighted by atomic mass is 127. The number of hydrogen-bond donors (Lipinski definition) is 0. The maximum atomic E-state index is 12.3. The van der Waals surface area contributed by atoms with Crippen molar-refractivity contribution in [2.24, 2.45) is 0 Å². The zero-order valence-electron chi connectivity index (χ0n) is 9.88. The lowest BCUT2D eigenvalue weighted by Crippen LogP contribution is -2.20. The van der Waals surface area contributed by atoms with Crippen LogP contribution < -0.4 is 9.47 Å². The van der Waals surface area contributed by atoms with Gasteiger partial charge in [0.15, 0.2) is 0 Å². The van der Waals surface area contributed by atoms with Gasteiger partial charge in [0, 0.05) is 6.07 Å². The number of rotatable bonds is 4. The summed E-state index contributed by atoms with van der Waals surface area (Å²) in [5, 5.41) is 0. The Morgan fingerprint density at radius 1 is 1.42 bits per heavy atom. The summed E-state index contributed by atoms with van der Waals surface area (Å²) in [7, 11) is 2.36. The SMILES string of the molecule is COC(=O)Cc1c(OC(F)(F)F)cc(I)nc1OC. The summed E-state index contributed by atoms with van der Waals surface area (Å²) in [6, 6.07) is 1.06. The highest BCUT2D eigenvalue weighted by Crippen LogP contribution is 2.33. The zero-order valence-corrected chi connectivity index (χ0v) is 12.0. The van der Waals surface area contributed by atoms with Crippen LogP contribution in [0.15, 0.2) is 6.07 Å². The standard InChI is InChI=1S/C10H9F3INO4/c1-17-8(16)3-5-6(19-10(11,12)13)4-7(14)15-9(5)18-2/h4H,3H2,1-2H3. The Kier molecular flexibility index (Phi) is 5.20. The zero-order chi connectivity index (χ0) is 14.6. The third-order valence-corrected chi connectivity index (χ3v) is 2.53. The Morgan fingerprint density at radius 3 is 2.53 bits per heavy atom. The number of alkyl halides is 3. The van der Waals surface area contributed by atoms with Gasteiger partial charge in [0.1, 0.15) is 9.45 Å². The highest BCUT2D eigenvalue weighted by Gasteiger charge is 2.33. The van der Waals surface area contributed by atoms with Crippen LogP contribution in [0.25, 0.3) is 0 Å². The van der Waals surface area contributed by atoms with Crippen LogP contribution in [0.1, 0.15) is 5.56 Å². The molecule has 1 heterocycles. The van der Waals surface area contributed by atoms with Crippen molar-refractivity contribution < 1.29 is 32.2 Å². The molecule has 0 radical (unpaired) electrons. The fraction of sp³-hybridized carbons (Fsp3) is 0.400. The van der Waals surface area contributed by atoms with Crippen molar-refractivity contribution in [3.63, 3.8) is 0 Å². The molecule has 1 aromatic heterocycles. The molecule has 5 nitrogen and oxygen atoms in total. The van der Waals surface area contributed by atoms with Crippen molar-refractivity contribution >= 4 is 28.6 Å². The molecule has 0 saturated carbocycles. The Hall–Kier alpha value is -1.26. The van der Waals surface area contributed by atoms with E-state index in [0.29, 0.717) is 0 Å². The van der Waals surface area contributed by atoms with Gasteiger partial charge in [-0.3, -0.25) is 4.79 Å². The minimum Gasteiger partial charge on any atom is -0.481 e. The summed E-state index contributed by atoms with van der Waals surface area (Å²) in [4.78, 5) is 15.1. The van der Waals surface area contributed by atoms with Crippen LogP contribution in [0.5, 0.6) is 11.6 Å². The Balaban J connectivity index is 3.25. The van der Waals surface area contributed by atoms with Gasteiger partial charge in [0.2, 0.25) is 5.88 Å². The van der Waals surface area contributed by atoms with Gasteiger partial charge in [-0.1, -0.05) is 0 Å². The molecule has 0 N–H and O–H groups in total. The molecule has 0 aromatic carbocycles. The number of hydrogen-bond acceptors (Lipinski definition) is 5. The second-order valence-electron chi connectivity index (χ2n) is 3.23. The van der Waals surface area contributed by atoms with Gasteiger partial charge < -0.3 is 14.2 Å². The molecule has 106 valence electrons. The van der Waals surface area contributed by atoms with E-state index in [-0.39, 0.29) is 15.1 Å². The van der Waals surface area contributed by atoms with Gasteiger partial charge in [0.25, 0.3) is 0 Å². The fourth-order valence-corrected chi connectivity index (χ4v) is 1.76. The monoisotopic (exact) mass is 391 g/mol.